The van der Waals surface area contributed by atoms with E-state index in [-0.39, 0.29) is 6.61 Å². The predicted octanol–water partition coefficient (Wildman–Crippen LogP) is -0.0418. The van der Waals surface area contributed by atoms with Crippen LogP contribution >= 0.6 is 0 Å². The van der Waals surface area contributed by atoms with Crippen molar-refractivity contribution in [3.8, 4) is 0 Å². The Bertz CT molecular complexity index is 194. The number of hydrogen-bond acceptors (Lipinski definition) is 4. The molecule has 0 saturated carbocycles. The summed E-state index contributed by atoms with van der Waals surface area (Å²) >= 11 is 0. The summed E-state index contributed by atoms with van der Waals surface area (Å²) in [6.07, 6.45) is 0.791. The van der Waals surface area contributed by atoms with E-state index < -0.39 is 24.7 Å². The Labute approximate surface area is 81.9 Å². The van der Waals surface area contributed by atoms with Crippen LogP contribution in [-0.2, 0) is 9.53 Å². The molecule has 14 heavy (non-hydrogen) atoms. The van der Waals surface area contributed by atoms with E-state index in [4.69, 9.17) is 10.2 Å². The number of nitrogens with one attached hydrogen (secondary N) is 1. The summed E-state index contributed by atoms with van der Waals surface area (Å²) in [5, 5.41) is 19.0. The van der Waals surface area contributed by atoms with Gasteiger partial charge in [0.05, 0.1) is 13.2 Å². The van der Waals surface area contributed by atoms with Gasteiger partial charge in [-0.1, -0.05) is 13.3 Å². The van der Waals surface area contributed by atoms with E-state index in [1.165, 1.54) is 0 Å². The number of aliphatic hydroxyl groups excluding tert-OH is 1. The van der Waals surface area contributed by atoms with Crippen LogP contribution in [0.15, 0.2) is 0 Å². The van der Waals surface area contributed by atoms with Gasteiger partial charge >= 0.3 is 12.1 Å². The second-order valence-electron chi connectivity index (χ2n) is 2.71. The topological polar surface area (TPSA) is 95.9 Å². The lowest BCUT2D eigenvalue weighted by Gasteiger charge is -2.11. The van der Waals surface area contributed by atoms with Gasteiger partial charge in [-0.2, -0.15) is 0 Å². The highest BCUT2D eigenvalue weighted by Gasteiger charge is 2.18. The Morgan fingerprint density at radius 3 is 2.57 bits per heavy atom. The standard InChI is InChI=1S/C8H15NO5/c1-2-3-4-14-8(13)9-6(5-10)7(11)12/h6,10H,2-5H2,1H3,(H,9,13)(H,11,12)/t6-/m0/s1. The van der Waals surface area contributed by atoms with E-state index in [0.29, 0.717) is 0 Å². The van der Waals surface area contributed by atoms with E-state index in [9.17, 15) is 9.59 Å². The normalized spacial score (nSPS) is 11.9. The number of rotatable bonds is 6. The minimum absolute atomic E-state index is 0.250. The quantitative estimate of drug-likeness (QED) is 0.529. The number of ether oxygens (including phenoxy) is 1. The SMILES string of the molecule is CCCCOC(=O)N[C@@H](CO)C(=O)O. The van der Waals surface area contributed by atoms with E-state index >= 15 is 0 Å². The lowest BCUT2D eigenvalue weighted by Crippen LogP contribution is -2.43. The summed E-state index contributed by atoms with van der Waals surface area (Å²) in [5.41, 5.74) is 0. The molecule has 1 amide bonds. The summed E-state index contributed by atoms with van der Waals surface area (Å²) in [7, 11) is 0. The van der Waals surface area contributed by atoms with Crippen LogP contribution in [0.4, 0.5) is 4.79 Å². The van der Waals surface area contributed by atoms with Gasteiger partial charge in [-0.05, 0) is 6.42 Å². The molecule has 6 nitrogen and oxygen atoms in total. The number of hydrogen-bond donors (Lipinski definition) is 3. The van der Waals surface area contributed by atoms with Crippen LogP contribution in [0.2, 0.25) is 0 Å². The molecule has 0 spiro atoms. The Morgan fingerprint density at radius 1 is 1.50 bits per heavy atom. The first-order chi connectivity index (χ1) is 6.61. The molecule has 6 heteroatoms. The summed E-state index contributed by atoms with van der Waals surface area (Å²) in [5.74, 6) is -1.29. The van der Waals surface area contributed by atoms with Gasteiger partial charge in [0.2, 0.25) is 0 Å². The molecule has 0 aromatic heterocycles. The fourth-order valence-corrected chi connectivity index (χ4v) is 0.679. The van der Waals surface area contributed by atoms with Crippen LogP contribution in [-0.4, -0.2) is 41.5 Å². The highest BCUT2D eigenvalue weighted by Crippen LogP contribution is 1.90. The highest BCUT2D eigenvalue weighted by molar-refractivity contribution is 5.79. The molecule has 1 atom stereocenters. The second kappa shape index (κ2) is 7.14. The number of carboxylic acid groups (broad SMARTS) is 1. The zero-order chi connectivity index (χ0) is 11.0. The molecule has 0 aliphatic carbocycles. The molecule has 0 heterocycles. The van der Waals surface area contributed by atoms with E-state index in [2.05, 4.69) is 4.74 Å². The molecule has 3 N–H and O–H groups in total. The molecular formula is C8H15NO5. The molecule has 0 aliphatic rings. The largest absolute Gasteiger partial charge is 0.480 e. The number of unbranched alkanes of at least 4 members (excludes halogenated alkanes) is 1. The van der Waals surface area contributed by atoms with E-state index in [0.717, 1.165) is 12.8 Å². The van der Waals surface area contributed by atoms with Crippen molar-refractivity contribution in [1.29, 1.82) is 0 Å². The molecule has 0 rings (SSSR count). The minimum atomic E-state index is -1.30. The van der Waals surface area contributed by atoms with Crippen LogP contribution in [0.5, 0.6) is 0 Å². The third-order valence-electron chi connectivity index (χ3n) is 1.50. The summed E-state index contributed by atoms with van der Waals surface area (Å²) in [6.45, 7) is 1.54. The molecule has 0 bridgehead atoms. The van der Waals surface area contributed by atoms with E-state index in [1.807, 2.05) is 12.2 Å². The first-order valence-corrected chi connectivity index (χ1v) is 4.38. The van der Waals surface area contributed by atoms with Gasteiger partial charge in [0.1, 0.15) is 0 Å². The van der Waals surface area contributed by atoms with Gasteiger partial charge < -0.3 is 20.3 Å². The average molecular weight is 205 g/mol. The van der Waals surface area contributed by atoms with Crippen molar-refractivity contribution >= 4 is 12.1 Å². The summed E-state index contributed by atoms with van der Waals surface area (Å²) in [4.78, 5) is 21.2. The van der Waals surface area contributed by atoms with Crippen LogP contribution in [0.3, 0.4) is 0 Å². The van der Waals surface area contributed by atoms with Crippen LogP contribution in [0.25, 0.3) is 0 Å². The number of amides is 1. The lowest BCUT2D eigenvalue weighted by molar-refractivity contribution is -0.140. The van der Waals surface area contributed by atoms with Gasteiger partial charge in [-0.15, -0.1) is 0 Å². The third kappa shape index (κ3) is 5.36. The highest BCUT2D eigenvalue weighted by atomic mass is 16.5. The molecule has 0 unspecified atom stereocenters. The molecule has 0 saturated heterocycles. The Kier molecular flexibility index (Phi) is 6.47. The Morgan fingerprint density at radius 2 is 2.14 bits per heavy atom. The van der Waals surface area contributed by atoms with Crippen molar-refractivity contribution in [2.75, 3.05) is 13.2 Å². The Balaban J connectivity index is 3.74. The maximum Gasteiger partial charge on any atom is 0.407 e. The number of alkyl carbamates (subject to hydrolysis) is 1. The predicted molar refractivity (Wildman–Crippen MR) is 47.9 cm³/mol. The van der Waals surface area contributed by atoms with E-state index in [1.54, 1.807) is 0 Å². The molecular weight excluding hydrogens is 190 g/mol. The molecule has 0 radical (unpaired) electrons. The Hall–Kier alpha value is -1.30. The number of carbonyl (C=O) groups is 2. The van der Waals surface area contributed by atoms with Crippen LogP contribution in [0, 0.1) is 0 Å². The van der Waals surface area contributed by atoms with Crippen molar-refractivity contribution < 1.29 is 24.5 Å². The molecule has 0 aliphatic heterocycles. The van der Waals surface area contributed by atoms with Crippen molar-refractivity contribution in [2.24, 2.45) is 0 Å². The monoisotopic (exact) mass is 205 g/mol. The fraction of sp³-hybridized carbons (Fsp3) is 0.750. The van der Waals surface area contributed by atoms with Gasteiger partial charge in [0.15, 0.2) is 6.04 Å². The van der Waals surface area contributed by atoms with Crippen molar-refractivity contribution in [3.05, 3.63) is 0 Å². The summed E-state index contributed by atoms with van der Waals surface area (Å²) < 4.78 is 4.64. The number of carbonyl (C=O) groups excluding carboxylic acids is 1. The number of aliphatic hydroxyl groups is 1. The maximum atomic E-state index is 10.9. The zero-order valence-corrected chi connectivity index (χ0v) is 8.02. The fourth-order valence-electron chi connectivity index (χ4n) is 0.679. The maximum absolute atomic E-state index is 10.9. The lowest BCUT2D eigenvalue weighted by atomic mass is 10.3. The van der Waals surface area contributed by atoms with Crippen LogP contribution in [0.1, 0.15) is 19.8 Å². The number of aliphatic carboxylic acids is 1. The first kappa shape index (κ1) is 12.7. The zero-order valence-electron chi connectivity index (χ0n) is 8.02. The molecule has 0 aromatic carbocycles. The average Bonchev–Trinajstić information content (AvgIpc) is 2.14. The van der Waals surface area contributed by atoms with Crippen LogP contribution < -0.4 is 5.32 Å². The molecule has 0 aromatic rings. The first-order valence-electron chi connectivity index (χ1n) is 4.38. The smallest absolute Gasteiger partial charge is 0.407 e. The van der Waals surface area contributed by atoms with Gasteiger partial charge in [-0.3, -0.25) is 0 Å². The van der Waals surface area contributed by atoms with Gasteiger partial charge in [0, 0.05) is 0 Å². The molecule has 0 fully saturated rings. The van der Waals surface area contributed by atoms with Crippen molar-refractivity contribution in [2.45, 2.75) is 25.8 Å². The minimum Gasteiger partial charge on any atom is -0.480 e. The van der Waals surface area contributed by atoms with Gasteiger partial charge in [0.25, 0.3) is 0 Å². The number of carboxylic acids is 1. The van der Waals surface area contributed by atoms with Gasteiger partial charge in [-0.25, -0.2) is 9.59 Å². The van der Waals surface area contributed by atoms with Crippen molar-refractivity contribution in [3.63, 3.8) is 0 Å². The summed E-state index contributed by atoms with van der Waals surface area (Å²) in [6, 6.07) is -1.30. The molecule has 82 valence electrons. The second-order valence-corrected chi connectivity index (χ2v) is 2.71. The van der Waals surface area contributed by atoms with Crippen molar-refractivity contribution in [1.82, 2.24) is 5.32 Å². The third-order valence-corrected chi connectivity index (χ3v) is 1.50.